The highest BCUT2D eigenvalue weighted by atomic mass is 79.9. The molecule has 1 heterocycles. The van der Waals surface area contributed by atoms with Crippen molar-refractivity contribution in [3.63, 3.8) is 0 Å². The number of benzene rings is 1. The number of aromatic amines is 1. The van der Waals surface area contributed by atoms with Gasteiger partial charge >= 0.3 is 0 Å². The van der Waals surface area contributed by atoms with Crippen LogP contribution >= 0.6 is 15.9 Å². The molecule has 0 saturated heterocycles. The van der Waals surface area contributed by atoms with Gasteiger partial charge in [0.05, 0.1) is 7.11 Å². The summed E-state index contributed by atoms with van der Waals surface area (Å²) >= 11 is 3.19. The maximum atomic E-state index is 13.7. The van der Waals surface area contributed by atoms with Crippen LogP contribution in [0.2, 0.25) is 0 Å². The Labute approximate surface area is 105 Å². The summed E-state index contributed by atoms with van der Waals surface area (Å²) in [6, 6.07) is 4.32. The van der Waals surface area contributed by atoms with Gasteiger partial charge in [-0.25, -0.2) is 9.37 Å². The molecule has 2 rings (SSSR count). The number of rotatable bonds is 3. The van der Waals surface area contributed by atoms with Crippen molar-refractivity contribution in [2.75, 3.05) is 7.11 Å². The van der Waals surface area contributed by atoms with Crippen LogP contribution in [0.15, 0.2) is 22.8 Å². The summed E-state index contributed by atoms with van der Waals surface area (Å²) in [5.74, 6) is 0.216. The van der Waals surface area contributed by atoms with E-state index in [2.05, 4.69) is 25.9 Å². The number of nitrogens with zero attached hydrogens (tertiary/aromatic N) is 1. The first kappa shape index (κ1) is 11.8. The topological polar surface area (TPSA) is 55.0 Å². The number of imidazole rings is 1. The smallest absolute Gasteiger partial charge is 0.185 e. The van der Waals surface area contributed by atoms with E-state index in [1.807, 2.05) is 0 Å². The zero-order valence-corrected chi connectivity index (χ0v) is 10.4. The van der Waals surface area contributed by atoms with Crippen molar-refractivity contribution < 1.29 is 13.9 Å². The standard InChI is InChI=1S/C11H8BrFN2O2/c1-17-6-2-3-8(13)7(4-6)10-11(12)15-9(5-16)14-10/h2-5H,1H3,(H,14,15). The minimum Gasteiger partial charge on any atom is -0.497 e. The molecule has 0 spiro atoms. The van der Waals surface area contributed by atoms with Gasteiger partial charge < -0.3 is 9.72 Å². The molecule has 17 heavy (non-hydrogen) atoms. The highest BCUT2D eigenvalue weighted by Crippen LogP contribution is 2.30. The Morgan fingerprint density at radius 1 is 1.53 bits per heavy atom. The van der Waals surface area contributed by atoms with E-state index in [9.17, 15) is 9.18 Å². The van der Waals surface area contributed by atoms with E-state index >= 15 is 0 Å². The Morgan fingerprint density at radius 3 is 2.88 bits per heavy atom. The lowest BCUT2D eigenvalue weighted by Gasteiger charge is -2.04. The first-order valence-electron chi connectivity index (χ1n) is 4.70. The van der Waals surface area contributed by atoms with Crippen LogP contribution in [0.5, 0.6) is 5.75 Å². The number of ether oxygens (including phenoxy) is 1. The number of carbonyl (C=O) groups is 1. The largest absolute Gasteiger partial charge is 0.497 e. The molecule has 0 aliphatic heterocycles. The van der Waals surface area contributed by atoms with Crippen LogP contribution in [0.3, 0.4) is 0 Å². The number of aromatic nitrogens is 2. The van der Waals surface area contributed by atoms with E-state index in [-0.39, 0.29) is 11.4 Å². The fourth-order valence-corrected chi connectivity index (χ4v) is 1.92. The van der Waals surface area contributed by atoms with E-state index in [0.29, 0.717) is 22.3 Å². The number of H-pyrrole nitrogens is 1. The maximum absolute atomic E-state index is 13.7. The molecule has 0 atom stereocenters. The molecule has 1 N–H and O–H groups in total. The van der Waals surface area contributed by atoms with Crippen molar-refractivity contribution in [2.24, 2.45) is 0 Å². The van der Waals surface area contributed by atoms with Gasteiger partial charge in [0.2, 0.25) is 0 Å². The number of hydrogen-bond acceptors (Lipinski definition) is 3. The molecule has 0 amide bonds. The highest BCUT2D eigenvalue weighted by Gasteiger charge is 2.14. The van der Waals surface area contributed by atoms with E-state index < -0.39 is 5.82 Å². The second kappa shape index (κ2) is 4.67. The number of aldehydes is 1. The zero-order valence-electron chi connectivity index (χ0n) is 8.83. The molecule has 0 unspecified atom stereocenters. The van der Waals surface area contributed by atoms with Crippen LogP contribution in [0.25, 0.3) is 11.3 Å². The third kappa shape index (κ3) is 2.21. The summed E-state index contributed by atoms with van der Waals surface area (Å²) in [6.45, 7) is 0. The Morgan fingerprint density at radius 2 is 2.29 bits per heavy atom. The molecule has 0 saturated carbocycles. The first-order chi connectivity index (χ1) is 8.15. The number of halogens is 2. The van der Waals surface area contributed by atoms with Gasteiger partial charge in [-0.2, -0.15) is 0 Å². The Hall–Kier alpha value is -1.69. The molecule has 0 bridgehead atoms. The summed E-state index contributed by atoms with van der Waals surface area (Å²) in [4.78, 5) is 17.2. The Balaban J connectivity index is 2.58. The molecule has 6 heteroatoms. The molecule has 0 aliphatic rings. The summed E-state index contributed by atoms with van der Waals surface area (Å²) < 4.78 is 19.1. The van der Waals surface area contributed by atoms with Crippen molar-refractivity contribution in [3.05, 3.63) is 34.4 Å². The molecule has 88 valence electrons. The third-order valence-corrected chi connectivity index (χ3v) is 2.79. The van der Waals surface area contributed by atoms with Crippen molar-refractivity contribution in [1.29, 1.82) is 0 Å². The van der Waals surface area contributed by atoms with Crippen LogP contribution in [-0.2, 0) is 0 Å². The minimum atomic E-state index is -0.435. The highest BCUT2D eigenvalue weighted by molar-refractivity contribution is 9.10. The van der Waals surface area contributed by atoms with Crippen LogP contribution in [0.4, 0.5) is 4.39 Å². The quantitative estimate of drug-likeness (QED) is 0.887. The van der Waals surface area contributed by atoms with Crippen LogP contribution in [0.1, 0.15) is 10.6 Å². The van der Waals surface area contributed by atoms with Gasteiger partial charge in [-0.15, -0.1) is 0 Å². The average Bonchev–Trinajstić information content (AvgIpc) is 2.71. The SMILES string of the molecule is COc1ccc(F)c(-c2nc(C=O)[nH]c2Br)c1. The van der Waals surface area contributed by atoms with E-state index in [4.69, 9.17) is 4.74 Å². The molecule has 0 aliphatic carbocycles. The molecule has 0 radical (unpaired) electrons. The minimum absolute atomic E-state index is 0.133. The van der Waals surface area contributed by atoms with Crippen molar-refractivity contribution in [1.82, 2.24) is 9.97 Å². The van der Waals surface area contributed by atoms with Gasteiger partial charge in [-0.05, 0) is 34.1 Å². The molecule has 4 nitrogen and oxygen atoms in total. The van der Waals surface area contributed by atoms with Crippen LogP contribution in [-0.4, -0.2) is 23.4 Å². The fourth-order valence-electron chi connectivity index (χ4n) is 1.42. The Bertz CT molecular complexity index is 569. The van der Waals surface area contributed by atoms with Crippen LogP contribution < -0.4 is 4.74 Å². The summed E-state index contributed by atoms with van der Waals surface area (Å²) in [5, 5.41) is 0. The van der Waals surface area contributed by atoms with Gasteiger partial charge in [0.15, 0.2) is 12.1 Å². The molecular weight excluding hydrogens is 291 g/mol. The molecule has 2 aromatic rings. The van der Waals surface area contributed by atoms with E-state index in [0.717, 1.165) is 0 Å². The molecule has 1 aromatic carbocycles. The third-order valence-electron chi connectivity index (χ3n) is 2.22. The number of carbonyl (C=O) groups excluding carboxylic acids is 1. The summed E-state index contributed by atoms with van der Waals surface area (Å²) in [5.41, 5.74) is 0.601. The van der Waals surface area contributed by atoms with Crippen molar-refractivity contribution in [2.45, 2.75) is 0 Å². The second-order valence-electron chi connectivity index (χ2n) is 3.25. The average molecular weight is 299 g/mol. The number of methoxy groups -OCH3 is 1. The lowest BCUT2D eigenvalue weighted by atomic mass is 10.1. The Kier molecular flexibility index (Phi) is 3.23. The fraction of sp³-hybridized carbons (Fsp3) is 0.0909. The van der Waals surface area contributed by atoms with Gasteiger partial charge in [0.1, 0.15) is 21.9 Å². The molecule has 0 fully saturated rings. The second-order valence-corrected chi connectivity index (χ2v) is 4.04. The number of nitrogens with one attached hydrogen (secondary N) is 1. The monoisotopic (exact) mass is 298 g/mol. The van der Waals surface area contributed by atoms with E-state index in [1.165, 1.54) is 25.3 Å². The maximum Gasteiger partial charge on any atom is 0.185 e. The lowest BCUT2D eigenvalue weighted by molar-refractivity contribution is 0.111. The van der Waals surface area contributed by atoms with E-state index in [1.54, 1.807) is 0 Å². The van der Waals surface area contributed by atoms with Crippen molar-refractivity contribution in [3.8, 4) is 17.0 Å². The van der Waals surface area contributed by atoms with Gasteiger partial charge in [0, 0.05) is 5.56 Å². The number of hydrogen-bond donors (Lipinski definition) is 1. The molecular formula is C11H8BrFN2O2. The first-order valence-corrected chi connectivity index (χ1v) is 5.49. The molecule has 1 aromatic heterocycles. The van der Waals surface area contributed by atoms with Crippen molar-refractivity contribution >= 4 is 22.2 Å². The van der Waals surface area contributed by atoms with Gasteiger partial charge in [0.25, 0.3) is 0 Å². The lowest BCUT2D eigenvalue weighted by Crippen LogP contribution is -1.89. The van der Waals surface area contributed by atoms with Gasteiger partial charge in [-0.3, -0.25) is 4.79 Å². The van der Waals surface area contributed by atoms with Gasteiger partial charge in [-0.1, -0.05) is 0 Å². The zero-order chi connectivity index (χ0) is 12.4. The summed E-state index contributed by atoms with van der Waals surface area (Å²) in [7, 11) is 1.49. The predicted octanol–water partition coefficient (Wildman–Crippen LogP) is 2.80. The normalized spacial score (nSPS) is 10.3. The van der Waals surface area contributed by atoms with Crippen LogP contribution in [0, 0.1) is 5.82 Å². The summed E-state index contributed by atoms with van der Waals surface area (Å²) in [6.07, 6.45) is 0.562. The predicted molar refractivity (Wildman–Crippen MR) is 63.6 cm³/mol.